The fourth-order valence-electron chi connectivity index (χ4n) is 4.89. The number of esters is 1. The van der Waals surface area contributed by atoms with Crippen LogP contribution < -0.4 is 0 Å². The molecule has 2 heterocycles. The summed E-state index contributed by atoms with van der Waals surface area (Å²) in [6.07, 6.45) is 8.35. The van der Waals surface area contributed by atoms with Crippen LogP contribution in [0, 0.1) is 11.3 Å². The predicted molar refractivity (Wildman–Crippen MR) is 98.5 cm³/mol. The molecule has 1 spiro atoms. The van der Waals surface area contributed by atoms with E-state index >= 15 is 0 Å². The van der Waals surface area contributed by atoms with Gasteiger partial charge in [0.1, 0.15) is 0 Å². The Kier molecular flexibility index (Phi) is 4.02. The monoisotopic (exact) mass is 364 g/mol. The van der Waals surface area contributed by atoms with Crippen LogP contribution in [0.2, 0.25) is 18.1 Å². The van der Waals surface area contributed by atoms with E-state index in [2.05, 4.69) is 33.9 Å². The van der Waals surface area contributed by atoms with E-state index in [0.717, 1.165) is 32.1 Å². The molecule has 4 aliphatic rings. The topological polar surface area (TPSA) is 48.1 Å². The second kappa shape index (κ2) is 5.67. The number of ether oxygens (including phenoxy) is 2. The average molecular weight is 365 g/mol. The van der Waals surface area contributed by atoms with E-state index in [4.69, 9.17) is 13.9 Å². The largest absolute Gasteiger partial charge is 0.435 e. The van der Waals surface area contributed by atoms with Crippen molar-refractivity contribution in [2.75, 3.05) is 0 Å². The van der Waals surface area contributed by atoms with Gasteiger partial charge in [0.25, 0.3) is 0 Å². The molecule has 0 aromatic carbocycles. The summed E-state index contributed by atoms with van der Waals surface area (Å²) in [6, 6.07) is 0. The molecule has 3 fully saturated rings. The van der Waals surface area contributed by atoms with Crippen LogP contribution in [-0.2, 0) is 18.7 Å². The molecule has 5 atom stereocenters. The molecule has 140 valence electrons. The first-order valence-corrected chi connectivity index (χ1v) is 12.8. The van der Waals surface area contributed by atoms with Crippen molar-refractivity contribution in [2.45, 2.75) is 95.7 Å². The third kappa shape index (κ3) is 2.92. The summed E-state index contributed by atoms with van der Waals surface area (Å²) in [4.78, 5) is 12.0. The van der Waals surface area contributed by atoms with Gasteiger partial charge in [-0.1, -0.05) is 20.8 Å². The number of carbonyl (C=O) groups excluding carboxylic acids is 1. The molecule has 0 amide bonds. The molecule has 0 aromatic rings. The summed E-state index contributed by atoms with van der Waals surface area (Å²) in [6.45, 7) is 11.6. The summed E-state index contributed by atoms with van der Waals surface area (Å²) in [5, 5.41) is 0.185. The fourth-order valence-corrected chi connectivity index (χ4v) is 6.30. The maximum absolute atomic E-state index is 12.0. The highest BCUT2D eigenvalue weighted by Gasteiger charge is 2.60. The van der Waals surface area contributed by atoms with Gasteiger partial charge in [0.05, 0.1) is 24.6 Å². The van der Waals surface area contributed by atoms with Gasteiger partial charge in [0, 0.05) is 11.8 Å². The van der Waals surface area contributed by atoms with Crippen LogP contribution in [0.3, 0.4) is 0 Å². The number of hydrogen-bond donors (Lipinski definition) is 0. The first-order valence-electron chi connectivity index (χ1n) is 9.85. The Morgan fingerprint density at radius 3 is 2.72 bits per heavy atom. The summed E-state index contributed by atoms with van der Waals surface area (Å²) in [7, 11) is -1.90. The van der Waals surface area contributed by atoms with Crippen molar-refractivity contribution >= 4 is 14.3 Å². The van der Waals surface area contributed by atoms with Crippen LogP contribution in [0.1, 0.15) is 59.3 Å². The van der Waals surface area contributed by atoms with Gasteiger partial charge in [-0.05, 0) is 61.7 Å². The summed E-state index contributed by atoms with van der Waals surface area (Å²) >= 11 is 0. The van der Waals surface area contributed by atoms with Crippen molar-refractivity contribution in [1.82, 2.24) is 0 Å². The van der Waals surface area contributed by atoms with Crippen LogP contribution in [-0.4, -0.2) is 32.6 Å². The van der Waals surface area contributed by atoms with E-state index in [9.17, 15) is 4.79 Å². The lowest BCUT2D eigenvalue weighted by molar-refractivity contribution is -0.138. The van der Waals surface area contributed by atoms with Crippen LogP contribution in [0.15, 0.2) is 11.8 Å². The number of epoxide rings is 1. The molecule has 1 saturated heterocycles. The van der Waals surface area contributed by atoms with Crippen LogP contribution in [0.25, 0.3) is 0 Å². The number of carbonyl (C=O) groups is 1. The second-order valence-corrected chi connectivity index (χ2v) is 14.8. The third-order valence-corrected chi connectivity index (χ3v) is 12.0. The first-order chi connectivity index (χ1) is 11.6. The highest BCUT2D eigenvalue weighted by atomic mass is 28.4. The van der Waals surface area contributed by atoms with E-state index in [0.29, 0.717) is 24.5 Å². The molecule has 25 heavy (non-hydrogen) atoms. The van der Waals surface area contributed by atoms with Gasteiger partial charge in [-0.3, -0.25) is 4.79 Å². The minimum atomic E-state index is -1.90. The van der Waals surface area contributed by atoms with Gasteiger partial charge in [0.2, 0.25) is 0 Å². The Balaban J connectivity index is 1.74. The summed E-state index contributed by atoms with van der Waals surface area (Å²) in [5.41, 5.74) is 1.23. The molecule has 0 radical (unpaired) electrons. The minimum Gasteiger partial charge on any atom is -0.435 e. The molecule has 2 aliphatic carbocycles. The summed E-state index contributed by atoms with van der Waals surface area (Å²) < 4.78 is 18.4. The third-order valence-electron chi connectivity index (χ3n) is 7.52. The summed E-state index contributed by atoms with van der Waals surface area (Å²) in [5.74, 6) is 0.438. The first kappa shape index (κ1) is 17.7. The van der Waals surface area contributed by atoms with Crippen molar-refractivity contribution in [2.24, 2.45) is 11.3 Å². The zero-order valence-corrected chi connectivity index (χ0v) is 17.3. The van der Waals surface area contributed by atoms with Crippen LogP contribution >= 0.6 is 0 Å². The van der Waals surface area contributed by atoms with Gasteiger partial charge < -0.3 is 13.9 Å². The minimum absolute atomic E-state index is 0.0689. The van der Waals surface area contributed by atoms with Crippen LogP contribution in [0.4, 0.5) is 0 Å². The molecular weight excluding hydrogens is 332 g/mol. The van der Waals surface area contributed by atoms with Crippen molar-refractivity contribution in [3.8, 4) is 0 Å². The van der Waals surface area contributed by atoms with Gasteiger partial charge in [-0.25, -0.2) is 0 Å². The number of fused-ring (bicyclic) bond motifs is 2. The lowest BCUT2D eigenvalue weighted by Crippen LogP contribution is -2.54. The van der Waals surface area contributed by atoms with Gasteiger partial charge in [-0.15, -0.1) is 0 Å². The Hall–Kier alpha value is -0.653. The van der Waals surface area contributed by atoms with Gasteiger partial charge in [0.15, 0.2) is 8.32 Å². The van der Waals surface area contributed by atoms with E-state index in [-0.39, 0.29) is 22.5 Å². The predicted octanol–water partition coefficient (Wildman–Crippen LogP) is 4.56. The van der Waals surface area contributed by atoms with E-state index < -0.39 is 8.32 Å². The molecule has 0 unspecified atom stereocenters. The Morgan fingerprint density at radius 1 is 1.24 bits per heavy atom. The van der Waals surface area contributed by atoms with E-state index in [1.807, 2.05) is 0 Å². The number of hydrogen-bond acceptors (Lipinski definition) is 4. The number of rotatable bonds is 2. The molecule has 0 aromatic heterocycles. The smallest absolute Gasteiger partial charge is 0.310 e. The highest BCUT2D eigenvalue weighted by molar-refractivity contribution is 6.74. The van der Waals surface area contributed by atoms with Crippen molar-refractivity contribution in [1.29, 1.82) is 0 Å². The standard InChI is InChI=1S/C20H32O4Si/c1-19(2,3)25(4,5)24-18-13-6-7-14-12-22-17(21)8-9-20(14,18)11-16-15(10-13)23-16/h12-13,15-16,18H,6-11H2,1-5H3/t13-,15+,16-,18+,20-/m0/s1. The zero-order chi connectivity index (χ0) is 18.0. The highest BCUT2D eigenvalue weighted by Crippen LogP contribution is 2.60. The number of cyclic esters (lactones) is 1. The Bertz CT molecular complexity index is 605. The lowest BCUT2D eigenvalue weighted by Gasteiger charge is -2.52. The quantitative estimate of drug-likeness (QED) is 0.409. The average Bonchev–Trinajstić information content (AvgIpc) is 3.26. The van der Waals surface area contributed by atoms with Crippen molar-refractivity contribution < 1.29 is 18.7 Å². The van der Waals surface area contributed by atoms with Crippen molar-refractivity contribution in [3.63, 3.8) is 0 Å². The molecule has 2 aliphatic heterocycles. The normalized spacial score (nSPS) is 40.8. The SMILES string of the molecule is CC(C)(C)[Si](C)(C)O[C@@H]1[C@H]2CCC3=COC(=O)CC[C@]31C[C@@H]1O[C@@H]1C2. The molecule has 2 bridgehead atoms. The fraction of sp³-hybridized carbons (Fsp3) is 0.850. The van der Waals surface area contributed by atoms with E-state index in [1.165, 1.54) is 5.57 Å². The lowest BCUT2D eigenvalue weighted by atomic mass is 9.61. The van der Waals surface area contributed by atoms with Gasteiger partial charge >= 0.3 is 5.97 Å². The molecule has 0 N–H and O–H groups in total. The second-order valence-electron chi connectivity index (χ2n) is 10.0. The zero-order valence-electron chi connectivity index (χ0n) is 16.3. The van der Waals surface area contributed by atoms with Crippen molar-refractivity contribution in [3.05, 3.63) is 11.8 Å². The van der Waals surface area contributed by atoms with Gasteiger partial charge in [-0.2, -0.15) is 0 Å². The molecule has 5 heteroatoms. The maximum atomic E-state index is 12.0. The van der Waals surface area contributed by atoms with E-state index in [1.54, 1.807) is 6.26 Å². The Labute approximate surface area is 152 Å². The molecule has 4 rings (SSSR count). The maximum Gasteiger partial charge on any atom is 0.310 e. The Morgan fingerprint density at radius 2 is 2.00 bits per heavy atom. The molecule has 4 nitrogen and oxygen atoms in total. The molecular formula is C20H32O4Si. The molecule has 2 saturated carbocycles. The van der Waals surface area contributed by atoms with Crippen LogP contribution in [0.5, 0.6) is 0 Å².